The van der Waals surface area contributed by atoms with Gasteiger partial charge in [-0.05, 0) is 40.9 Å². The summed E-state index contributed by atoms with van der Waals surface area (Å²) in [4.78, 5) is 6.93. The molecule has 0 aliphatic carbocycles. The summed E-state index contributed by atoms with van der Waals surface area (Å²) >= 11 is 1.76. The van der Waals surface area contributed by atoms with Crippen molar-refractivity contribution in [2.24, 2.45) is 0 Å². The molecule has 1 aliphatic heterocycles. The van der Waals surface area contributed by atoms with Crippen molar-refractivity contribution in [1.82, 2.24) is 9.88 Å². The van der Waals surface area contributed by atoms with Crippen LogP contribution in [0, 0.1) is 6.92 Å². The molecule has 0 bridgehead atoms. The molecular formula is C15H18N2OS. The Bertz CT molecular complexity index is 509. The summed E-state index contributed by atoms with van der Waals surface area (Å²) in [5, 5.41) is 4.35. The number of aromatic nitrogens is 1. The van der Waals surface area contributed by atoms with Crippen molar-refractivity contribution in [2.75, 3.05) is 19.7 Å². The lowest BCUT2D eigenvalue weighted by atomic mass is 10.1. The lowest BCUT2D eigenvalue weighted by Crippen LogP contribution is -2.38. The molecule has 0 spiro atoms. The Morgan fingerprint density at radius 3 is 3.11 bits per heavy atom. The van der Waals surface area contributed by atoms with Gasteiger partial charge in [0.1, 0.15) is 6.10 Å². The van der Waals surface area contributed by atoms with E-state index in [-0.39, 0.29) is 6.10 Å². The van der Waals surface area contributed by atoms with E-state index in [0.717, 1.165) is 31.9 Å². The zero-order chi connectivity index (χ0) is 13.1. The van der Waals surface area contributed by atoms with E-state index in [9.17, 15) is 0 Å². The standard InChI is InChI=1S/C15H18N2OS/c1-12-2-3-14(16-8-12)15-10-17(5-6-18-15)9-13-4-7-19-11-13/h2-4,7-8,11,15H,5-6,9-10H2,1H3/t15-/m0/s1. The first kappa shape index (κ1) is 12.8. The van der Waals surface area contributed by atoms with Crippen LogP contribution < -0.4 is 0 Å². The van der Waals surface area contributed by atoms with Crippen LogP contribution in [-0.4, -0.2) is 29.6 Å². The fraction of sp³-hybridized carbons (Fsp3) is 0.400. The van der Waals surface area contributed by atoms with Crippen LogP contribution in [0.25, 0.3) is 0 Å². The molecule has 0 unspecified atom stereocenters. The smallest absolute Gasteiger partial charge is 0.112 e. The maximum atomic E-state index is 5.85. The predicted octanol–water partition coefficient (Wildman–Crippen LogP) is 3.03. The van der Waals surface area contributed by atoms with Gasteiger partial charge in [0.25, 0.3) is 0 Å². The van der Waals surface area contributed by atoms with E-state index in [1.165, 1.54) is 11.1 Å². The van der Waals surface area contributed by atoms with Gasteiger partial charge in [0.05, 0.1) is 12.3 Å². The number of hydrogen-bond acceptors (Lipinski definition) is 4. The number of thiophene rings is 1. The van der Waals surface area contributed by atoms with Gasteiger partial charge in [0.2, 0.25) is 0 Å². The number of morpholine rings is 1. The largest absolute Gasteiger partial charge is 0.369 e. The van der Waals surface area contributed by atoms with Crippen LogP contribution in [0.4, 0.5) is 0 Å². The molecule has 0 aromatic carbocycles. The van der Waals surface area contributed by atoms with Crippen LogP contribution in [0.2, 0.25) is 0 Å². The highest BCUT2D eigenvalue weighted by Crippen LogP contribution is 2.22. The molecule has 1 aliphatic rings. The number of rotatable bonds is 3. The molecule has 0 N–H and O–H groups in total. The molecule has 19 heavy (non-hydrogen) atoms. The molecule has 0 amide bonds. The average molecular weight is 274 g/mol. The maximum absolute atomic E-state index is 5.85. The first-order chi connectivity index (χ1) is 9.31. The van der Waals surface area contributed by atoms with Crippen molar-refractivity contribution in [3.8, 4) is 0 Å². The molecule has 1 saturated heterocycles. The second kappa shape index (κ2) is 5.82. The molecule has 0 radical (unpaired) electrons. The lowest BCUT2D eigenvalue weighted by Gasteiger charge is -2.32. The Morgan fingerprint density at radius 1 is 1.42 bits per heavy atom. The highest BCUT2D eigenvalue weighted by molar-refractivity contribution is 7.07. The lowest BCUT2D eigenvalue weighted by molar-refractivity contribution is -0.0349. The topological polar surface area (TPSA) is 25.4 Å². The van der Waals surface area contributed by atoms with Crippen LogP contribution >= 0.6 is 11.3 Å². The zero-order valence-corrected chi connectivity index (χ0v) is 11.9. The SMILES string of the molecule is Cc1ccc([C@@H]2CN(Cc3ccsc3)CCO2)nc1. The van der Waals surface area contributed by atoms with Gasteiger partial charge in [-0.3, -0.25) is 9.88 Å². The molecule has 1 atom stereocenters. The van der Waals surface area contributed by atoms with Crippen molar-refractivity contribution >= 4 is 11.3 Å². The van der Waals surface area contributed by atoms with Gasteiger partial charge in [-0.2, -0.15) is 11.3 Å². The maximum Gasteiger partial charge on any atom is 0.112 e. The highest BCUT2D eigenvalue weighted by atomic mass is 32.1. The van der Waals surface area contributed by atoms with Gasteiger partial charge in [0, 0.05) is 25.8 Å². The fourth-order valence-corrected chi connectivity index (χ4v) is 3.00. The third-order valence-corrected chi connectivity index (χ3v) is 4.13. The van der Waals surface area contributed by atoms with E-state index in [4.69, 9.17) is 4.74 Å². The van der Waals surface area contributed by atoms with Gasteiger partial charge >= 0.3 is 0 Å². The first-order valence-electron chi connectivity index (χ1n) is 6.59. The predicted molar refractivity (Wildman–Crippen MR) is 77.3 cm³/mol. The van der Waals surface area contributed by atoms with E-state index in [1.807, 2.05) is 6.20 Å². The van der Waals surface area contributed by atoms with Crippen LogP contribution in [0.3, 0.4) is 0 Å². The Morgan fingerprint density at radius 2 is 2.37 bits per heavy atom. The molecule has 1 fully saturated rings. The highest BCUT2D eigenvalue weighted by Gasteiger charge is 2.22. The van der Waals surface area contributed by atoms with E-state index in [1.54, 1.807) is 11.3 Å². The minimum atomic E-state index is 0.105. The minimum absolute atomic E-state index is 0.105. The Hall–Kier alpha value is -1.23. The molecule has 2 aromatic rings. The van der Waals surface area contributed by atoms with Gasteiger partial charge < -0.3 is 4.74 Å². The molecule has 2 aromatic heterocycles. The molecule has 3 nitrogen and oxygen atoms in total. The third kappa shape index (κ3) is 3.21. The summed E-state index contributed by atoms with van der Waals surface area (Å²) in [6.07, 6.45) is 2.02. The number of pyridine rings is 1. The van der Waals surface area contributed by atoms with Crippen molar-refractivity contribution in [3.63, 3.8) is 0 Å². The summed E-state index contributed by atoms with van der Waals surface area (Å²) < 4.78 is 5.85. The van der Waals surface area contributed by atoms with E-state index >= 15 is 0 Å². The normalized spacial score (nSPS) is 20.6. The first-order valence-corrected chi connectivity index (χ1v) is 7.53. The van der Waals surface area contributed by atoms with E-state index in [2.05, 4.69) is 45.8 Å². The average Bonchev–Trinajstić information content (AvgIpc) is 2.93. The molecule has 4 heteroatoms. The van der Waals surface area contributed by atoms with Crippen LogP contribution in [0.1, 0.15) is 22.9 Å². The van der Waals surface area contributed by atoms with Crippen molar-refractivity contribution in [2.45, 2.75) is 19.6 Å². The van der Waals surface area contributed by atoms with Crippen LogP contribution in [-0.2, 0) is 11.3 Å². The Labute approximate surface area is 117 Å². The minimum Gasteiger partial charge on any atom is -0.369 e. The van der Waals surface area contributed by atoms with E-state index < -0.39 is 0 Å². The van der Waals surface area contributed by atoms with Gasteiger partial charge in [-0.25, -0.2) is 0 Å². The summed E-state index contributed by atoms with van der Waals surface area (Å²) in [6, 6.07) is 6.37. The van der Waals surface area contributed by atoms with Crippen LogP contribution in [0.5, 0.6) is 0 Å². The summed E-state index contributed by atoms with van der Waals surface area (Å²) in [5.41, 5.74) is 3.62. The zero-order valence-electron chi connectivity index (χ0n) is 11.1. The molecule has 3 rings (SSSR count). The molecule has 100 valence electrons. The Kier molecular flexibility index (Phi) is 3.92. The number of nitrogens with zero attached hydrogens (tertiary/aromatic N) is 2. The van der Waals surface area contributed by atoms with Crippen molar-refractivity contribution in [3.05, 3.63) is 52.0 Å². The monoisotopic (exact) mass is 274 g/mol. The number of hydrogen-bond donors (Lipinski definition) is 0. The van der Waals surface area contributed by atoms with Gasteiger partial charge in [-0.1, -0.05) is 6.07 Å². The van der Waals surface area contributed by atoms with Crippen molar-refractivity contribution < 1.29 is 4.74 Å². The summed E-state index contributed by atoms with van der Waals surface area (Å²) in [5.74, 6) is 0. The second-order valence-electron chi connectivity index (χ2n) is 4.99. The summed E-state index contributed by atoms with van der Waals surface area (Å²) in [6.45, 7) is 5.77. The molecule has 0 saturated carbocycles. The second-order valence-corrected chi connectivity index (χ2v) is 5.77. The summed E-state index contributed by atoms with van der Waals surface area (Å²) in [7, 11) is 0. The fourth-order valence-electron chi connectivity index (χ4n) is 2.34. The van der Waals surface area contributed by atoms with Gasteiger partial charge in [-0.15, -0.1) is 0 Å². The number of aryl methyl sites for hydroxylation is 1. The van der Waals surface area contributed by atoms with Crippen LogP contribution in [0.15, 0.2) is 35.2 Å². The van der Waals surface area contributed by atoms with Gasteiger partial charge in [0.15, 0.2) is 0 Å². The number of ether oxygens (including phenoxy) is 1. The third-order valence-electron chi connectivity index (χ3n) is 3.40. The van der Waals surface area contributed by atoms with E-state index in [0.29, 0.717) is 0 Å². The Balaban J connectivity index is 1.66. The quantitative estimate of drug-likeness (QED) is 0.860. The molecular weight excluding hydrogens is 256 g/mol. The van der Waals surface area contributed by atoms with Crippen molar-refractivity contribution in [1.29, 1.82) is 0 Å². The molecule has 3 heterocycles.